The molecule has 2 amide bonds. The maximum atomic E-state index is 11.7. The van der Waals surface area contributed by atoms with Crippen LogP contribution in [0, 0.1) is 0 Å². The van der Waals surface area contributed by atoms with E-state index in [1.165, 1.54) is 4.90 Å². The van der Waals surface area contributed by atoms with Crippen molar-refractivity contribution in [2.45, 2.75) is 31.4 Å². The van der Waals surface area contributed by atoms with E-state index in [1.54, 1.807) is 0 Å². The summed E-state index contributed by atoms with van der Waals surface area (Å²) in [5, 5.41) is 29.5. The Hall–Kier alpha value is -1.34. The molecule has 1 aliphatic rings. The third-order valence-corrected chi connectivity index (χ3v) is 2.89. The van der Waals surface area contributed by atoms with Gasteiger partial charge in [-0.3, -0.25) is 0 Å². The van der Waals surface area contributed by atoms with Gasteiger partial charge in [-0.1, -0.05) is 0 Å². The van der Waals surface area contributed by atoms with Crippen molar-refractivity contribution in [2.24, 2.45) is 0 Å². The first-order chi connectivity index (χ1) is 7.88. The molecule has 2 unspecified atom stereocenters. The zero-order valence-corrected chi connectivity index (χ0v) is 9.72. The van der Waals surface area contributed by atoms with Crippen molar-refractivity contribution in [3.8, 4) is 0 Å². The highest BCUT2D eigenvalue weighted by molar-refractivity contribution is 5.79. The molecule has 0 spiro atoms. The van der Waals surface area contributed by atoms with Crippen molar-refractivity contribution < 1.29 is 24.9 Å². The summed E-state index contributed by atoms with van der Waals surface area (Å²) in [6.07, 6.45) is 1.55. The van der Waals surface area contributed by atoms with Gasteiger partial charge in [-0.05, 0) is 19.8 Å². The van der Waals surface area contributed by atoms with Crippen LogP contribution < -0.4 is 5.32 Å². The van der Waals surface area contributed by atoms with Gasteiger partial charge in [-0.25, -0.2) is 9.59 Å². The van der Waals surface area contributed by atoms with Crippen molar-refractivity contribution >= 4 is 12.0 Å². The van der Waals surface area contributed by atoms with E-state index >= 15 is 0 Å². The quantitative estimate of drug-likeness (QED) is 0.508. The van der Waals surface area contributed by atoms with Crippen molar-refractivity contribution in [1.82, 2.24) is 10.2 Å². The number of aliphatic hydroxyl groups is 2. The van der Waals surface area contributed by atoms with Gasteiger partial charge in [0.1, 0.15) is 0 Å². The summed E-state index contributed by atoms with van der Waals surface area (Å²) in [6, 6.07) is -0.673. The van der Waals surface area contributed by atoms with E-state index in [-0.39, 0.29) is 19.2 Å². The standard InChI is InChI=1S/C10H18N2O5/c1-10(17,8(14)15)6-11-9(16)12-4-2-3-7(12)5-13/h7,13,17H,2-6H2,1H3,(H,11,16)(H,14,15). The van der Waals surface area contributed by atoms with E-state index in [9.17, 15) is 14.7 Å². The third kappa shape index (κ3) is 3.31. The zero-order valence-electron chi connectivity index (χ0n) is 9.72. The lowest BCUT2D eigenvalue weighted by atomic mass is 10.1. The molecule has 98 valence electrons. The molecule has 0 aliphatic carbocycles. The number of likely N-dealkylation sites (tertiary alicyclic amines) is 1. The Kier molecular flexibility index (Phi) is 4.30. The molecule has 7 heteroatoms. The van der Waals surface area contributed by atoms with Gasteiger partial charge >= 0.3 is 12.0 Å². The molecular weight excluding hydrogens is 228 g/mol. The Morgan fingerprint density at radius 2 is 2.18 bits per heavy atom. The summed E-state index contributed by atoms with van der Waals surface area (Å²) in [5.74, 6) is -1.39. The number of hydrogen-bond donors (Lipinski definition) is 4. The number of carboxylic acids is 1. The first kappa shape index (κ1) is 13.7. The first-order valence-electron chi connectivity index (χ1n) is 5.49. The minimum absolute atomic E-state index is 0.108. The molecule has 1 fully saturated rings. The van der Waals surface area contributed by atoms with E-state index in [2.05, 4.69) is 5.32 Å². The Bertz CT molecular complexity index is 305. The summed E-state index contributed by atoms with van der Waals surface area (Å²) < 4.78 is 0. The molecule has 0 radical (unpaired) electrons. The highest BCUT2D eigenvalue weighted by atomic mass is 16.4. The van der Waals surface area contributed by atoms with Gasteiger partial charge in [-0.2, -0.15) is 0 Å². The summed E-state index contributed by atoms with van der Waals surface area (Å²) in [4.78, 5) is 23.8. The zero-order chi connectivity index (χ0) is 13.1. The van der Waals surface area contributed by atoms with Gasteiger partial charge in [0.25, 0.3) is 0 Å². The molecule has 17 heavy (non-hydrogen) atoms. The number of carbonyl (C=O) groups excluding carboxylic acids is 1. The number of nitrogens with one attached hydrogen (secondary N) is 1. The lowest BCUT2D eigenvalue weighted by molar-refractivity contribution is -0.155. The number of hydrogen-bond acceptors (Lipinski definition) is 4. The number of rotatable bonds is 4. The molecule has 1 aliphatic heterocycles. The molecule has 0 aromatic rings. The number of aliphatic carboxylic acids is 1. The minimum Gasteiger partial charge on any atom is -0.479 e. The van der Waals surface area contributed by atoms with Crippen molar-refractivity contribution in [2.75, 3.05) is 19.7 Å². The monoisotopic (exact) mass is 246 g/mol. The Balaban J connectivity index is 2.47. The van der Waals surface area contributed by atoms with Crippen LogP contribution in [0.1, 0.15) is 19.8 Å². The maximum Gasteiger partial charge on any atom is 0.337 e. The average Bonchev–Trinajstić information content (AvgIpc) is 2.73. The second-order valence-electron chi connectivity index (χ2n) is 4.41. The number of nitrogens with zero attached hydrogens (tertiary/aromatic N) is 1. The van der Waals surface area contributed by atoms with Crippen LogP contribution in [0.15, 0.2) is 0 Å². The van der Waals surface area contributed by atoms with Gasteiger partial charge in [0.2, 0.25) is 0 Å². The van der Waals surface area contributed by atoms with E-state index in [4.69, 9.17) is 10.2 Å². The van der Waals surface area contributed by atoms with Crippen LogP contribution >= 0.6 is 0 Å². The normalized spacial score (nSPS) is 23.2. The third-order valence-electron chi connectivity index (χ3n) is 2.89. The molecule has 0 saturated carbocycles. The minimum atomic E-state index is -1.98. The lowest BCUT2D eigenvalue weighted by Crippen LogP contribution is -2.51. The van der Waals surface area contributed by atoms with Crippen LogP contribution in [0.3, 0.4) is 0 Å². The second-order valence-corrected chi connectivity index (χ2v) is 4.41. The smallest absolute Gasteiger partial charge is 0.337 e. The molecule has 1 saturated heterocycles. The van der Waals surface area contributed by atoms with Gasteiger partial charge in [0.15, 0.2) is 5.60 Å². The molecule has 1 heterocycles. The van der Waals surface area contributed by atoms with Crippen LogP contribution in [0.5, 0.6) is 0 Å². The predicted molar refractivity (Wildman–Crippen MR) is 58.5 cm³/mol. The van der Waals surface area contributed by atoms with Crippen LogP contribution in [0.25, 0.3) is 0 Å². The molecular formula is C10H18N2O5. The number of amides is 2. The van der Waals surface area contributed by atoms with Crippen molar-refractivity contribution in [3.05, 3.63) is 0 Å². The summed E-state index contributed by atoms with van der Waals surface area (Å²) in [7, 11) is 0. The van der Waals surface area contributed by atoms with Gasteiger partial charge < -0.3 is 25.5 Å². The van der Waals surface area contributed by atoms with E-state index in [1.807, 2.05) is 0 Å². The van der Waals surface area contributed by atoms with E-state index < -0.39 is 17.6 Å². The molecule has 0 aromatic heterocycles. The van der Waals surface area contributed by atoms with Crippen molar-refractivity contribution in [1.29, 1.82) is 0 Å². The predicted octanol–water partition coefficient (Wildman–Crippen LogP) is -1.01. The van der Waals surface area contributed by atoms with Crippen LogP contribution in [0.4, 0.5) is 4.79 Å². The van der Waals surface area contributed by atoms with Crippen molar-refractivity contribution in [3.63, 3.8) is 0 Å². The Morgan fingerprint density at radius 3 is 2.71 bits per heavy atom. The Morgan fingerprint density at radius 1 is 1.53 bits per heavy atom. The number of carboxylic acid groups (broad SMARTS) is 1. The summed E-state index contributed by atoms with van der Waals surface area (Å²) in [5.41, 5.74) is -1.98. The summed E-state index contributed by atoms with van der Waals surface area (Å²) >= 11 is 0. The fraction of sp³-hybridized carbons (Fsp3) is 0.800. The van der Waals surface area contributed by atoms with Crippen LogP contribution in [-0.4, -0.2) is 63.6 Å². The fourth-order valence-corrected chi connectivity index (χ4v) is 1.72. The first-order valence-corrected chi connectivity index (χ1v) is 5.49. The Labute approximate surface area is 99.0 Å². The average molecular weight is 246 g/mol. The van der Waals surface area contributed by atoms with E-state index in [0.717, 1.165) is 19.8 Å². The van der Waals surface area contributed by atoms with Gasteiger partial charge in [0.05, 0.1) is 19.2 Å². The number of carbonyl (C=O) groups is 2. The highest BCUT2D eigenvalue weighted by Crippen LogP contribution is 2.16. The molecule has 1 rings (SSSR count). The summed E-state index contributed by atoms with van der Waals surface area (Å²) in [6.45, 7) is 1.17. The molecule has 7 nitrogen and oxygen atoms in total. The lowest BCUT2D eigenvalue weighted by Gasteiger charge is -2.25. The largest absolute Gasteiger partial charge is 0.479 e. The number of aliphatic hydroxyl groups excluding tert-OH is 1. The second kappa shape index (κ2) is 5.33. The van der Waals surface area contributed by atoms with E-state index in [0.29, 0.717) is 6.54 Å². The maximum absolute atomic E-state index is 11.7. The number of urea groups is 1. The highest BCUT2D eigenvalue weighted by Gasteiger charge is 2.33. The molecule has 0 aromatic carbocycles. The molecule has 4 N–H and O–H groups in total. The fourth-order valence-electron chi connectivity index (χ4n) is 1.72. The molecule has 2 atom stereocenters. The van der Waals surface area contributed by atoms with Gasteiger partial charge in [-0.15, -0.1) is 0 Å². The molecule has 0 bridgehead atoms. The topological polar surface area (TPSA) is 110 Å². The SMILES string of the molecule is CC(O)(CNC(=O)N1CCCC1CO)C(=O)O. The van der Waals surface area contributed by atoms with Gasteiger partial charge in [0, 0.05) is 6.54 Å². The van der Waals surface area contributed by atoms with Crippen LogP contribution in [0.2, 0.25) is 0 Å². The van der Waals surface area contributed by atoms with Crippen LogP contribution in [-0.2, 0) is 4.79 Å².